The van der Waals surface area contributed by atoms with Crippen LogP contribution in [-0.2, 0) is 31.4 Å². The first-order chi connectivity index (χ1) is 18.3. The van der Waals surface area contributed by atoms with Gasteiger partial charge >= 0.3 is 0 Å². The van der Waals surface area contributed by atoms with E-state index in [4.69, 9.17) is 5.10 Å². The molecule has 3 aromatic rings. The lowest BCUT2D eigenvalue weighted by atomic mass is 9.63. The predicted octanol–water partition coefficient (Wildman–Crippen LogP) is 2.74. The van der Waals surface area contributed by atoms with Crippen LogP contribution < -0.4 is 10.2 Å². The summed E-state index contributed by atoms with van der Waals surface area (Å²) in [6.45, 7) is 7.89. The molecule has 2 aliphatic heterocycles. The van der Waals surface area contributed by atoms with Crippen LogP contribution in [0.3, 0.4) is 0 Å². The number of amides is 1. The van der Waals surface area contributed by atoms with E-state index in [1.54, 1.807) is 0 Å². The van der Waals surface area contributed by atoms with E-state index in [1.807, 2.05) is 29.7 Å². The summed E-state index contributed by atoms with van der Waals surface area (Å²) in [7, 11) is 1.94. The molecule has 8 rings (SSSR count). The average Bonchev–Trinajstić information content (AvgIpc) is 3.37. The van der Waals surface area contributed by atoms with Crippen LogP contribution in [0.25, 0.3) is 11.0 Å². The third-order valence-electron chi connectivity index (χ3n) is 9.02. The van der Waals surface area contributed by atoms with Gasteiger partial charge in [-0.3, -0.25) is 19.1 Å². The molecule has 2 bridgehead atoms. The molecule has 2 fully saturated rings. The van der Waals surface area contributed by atoms with Gasteiger partial charge in [-0.2, -0.15) is 10.2 Å². The zero-order valence-corrected chi connectivity index (χ0v) is 22.4. The number of allylic oxidation sites excluding steroid dienone is 1. The van der Waals surface area contributed by atoms with Gasteiger partial charge in [0.2, 0.25) is 5.91 Å². The molecule has 5 aliphatic rings. The number of anilines is 1. The summed E-state index contributed by atoms with van der Waals surface area (Å²) in [6.07, 6.45) is 5.97. The Kier molecular flexibility index (Phi) is 5.41. The molecule has 1 saturated heterocycles. The van der Waals surface area contributed by atoms with Crippen molar-refractivity contribution >= 4 is 22.6 Å². The Hall–Kier alpha value is -3.27. The SMILES string of the molecule is Cc1cc(N2CCc3c(c(C)nn3CC3=C4CC(NC(=O)CN5CC(F)C5)(CC3)C4)C2)c2cnn(C)c2n1. The third kappa shape index (κ3) is 3.92. The fourth-order valence-electron chi connectivity index (χ4n) is 6.94. The molecule has 200 valence electrons. The second-order valence-electron chi connectivity index (χ2n) is 11.8. The third-order valence-corrected chi connectivity index (χ3v) is 9.02. The van der Waals surface area contributed by atoms with Crippen LogP contribution in [0.5, 0.6) is 0 Å². The minimum absolute atomic E-state index is 0.0358. The first-order valence-corrected chi connectivity index (χ1v) is 13.7. The van der Waals surface area contributed by atoms with Gasteiger partial charge in [-0.1, -0.05) is 5.57 Å². The number of pyridine rings is 1. The molecule has 3 aromatic heterocycles. The van der Waals surface area contributed by atoms with Crippen LogP contribution in [0.1, 0.15) is 48.3 Å². The van der Waals surface area contributed by atoms with Crippen molar-refractivity contribution < 1.29 is 9.18 Å². The van der Waals surface area contributed by atoms with Crippen molar-refractivity contribution in [2.75, 3.05) is 31.1 Å². The van der Waals surface area contributed by atoms with Crippen LogP contribution >= 0.6 is 0 Å². The topological polar surface area (TPSA) is 84.1 Å². The molecule has 5 heterocycles. The van der Waals surface area contributed by atoms with E-state index in [-0.39, 0.29) is 11.4 Å². The summed E-state index contributed by atoms with van der Waals surface area (Å²) in [5, 5.41) is 13.8. The molecule has 1 saturated carbocycles. The number of halogens is 1. The number of rotatable bonds is 6. The van der Waals surface area contributed by atoms with E-state index in [2.05, 4.69) is 38.0 Å². The summed E-state index contributed by atoms with van der Waals surface area (Å²) in [5.41, 5.74) is 9.79. The van der Waals surface area contributed by atoms with Gasteiger partial charge in [-0.15, -0.1) is 0 Å². The molecule has 9 nitrogen and oxygen atoms in total. The molecule has 3 aliphatic carbocycles. The lowest BCUT2D eigenvalue weighted by molar-refractivity contribution is -0.126. The van der Waals surface area contributed by atoms with Gasteiger partial charge in [-0.05, 0) is 51.2 Å². The number of nitrogens with zero attached hydrogens (tertiary/aromatic N) is 7. The number of carbonyl (C=O) groups is 1. The number of aromatic nitrogens is 5. The molecule has 1 amide bonds. The molecule has 38 heavy (non-hydrogen) atoms. The Labute approximate surface area is 221 Å². The molecule has 1 N–H and O–H groups in total. The number of aryl methyl sites for hydroxylation is 3. The van der Waals surface area contributed by atoms with E-state index < -0.39 is 6.17 Å². The molecule has 0 spiro atoms. The Morgan fingerprint density at radius 2 is 2.05 bits per heavy atom. The van der Waals surface area contributed by atoms with Crippen LogP contribution in [0.4, 0.5) is 10.1 Å². The zero-order chi connectivity index (χ0) is 26.2. The number of nitrogens with one attached hydrogen (secondary N) is 1. The standard InChI is InChI=1S/C28H35FN8O/c1-17-8-25(22-11-30-34(3)27(22)31-17)36-7-5-24-23(15-36)18(2)33-37(24)12-19-4-6-28(9-20(19)10-28)32-26(38)16-35-13-21(29)14-35/h8,11,21H,4-7,9-10,12-16H2,1-3H3,(H,32,38). The van der Waals surface area contributed by atoms with E-state index >= 15 is 0 Å². The summed E-state index contributed by atoms with van der Waals surface area (Å²) in [4.78, 5) is 21.5. The minimum atomic E-state index is -0.770. The van der Waals surface area contributed by atoms with Gasteiger partial charge in [0.15, 0.2) is 5.65 Å². The highest BCUT2D eigenvalue weighted by Gasteiger charge is 2.46. The van der Waals surface area contributed by atoms with Gasteiger partial charge in [0.05, 0.1) is 36.1 Å². The number of alkyl halides is 1. The van der Waals surface area contributed by atoms with Crippen molar-refractivity contribution in [3.05, 3.63) is 46.1 Å². The summed E-state index contributed by atoms with van der Waals surface area (Å²) >= 11 is 0. The van der Waals surface area contributed by atoms with Crippen molar-refractivity contribution in [2.45, 2.75) is 70.8 Å². The van der Waals surface area contributed by atoms with E-state index in [0.29, 0.717) is 19.6 Å². The second-order valence-corrected chi connectivity index (χ2v) is 11.8. The first kappa shape index (κ1) is 23.8. The van der Waals surface area contributed by atoms with Gasteiger partial charge in [0, 0.05) is 62.1 Å². The monoisotopic (exact) mass is 518 g/mol. The van der Waals surface area contributed by atoms with Crippen LogP contribution in [0.2, 0.25) is 0 Å². The maximum absolute atomic E-state index is 13.1. The molecular formula is C28H35FN8O. The number of carbonyl (C=O) groups excluding carboxylic acids is 1. The van der Waals surface area contributed by atoms with Gasteiger partial charge in [-0.25, -0.2) is 9.37 Å². The molecule has 0 aromatic carbocycles. The van der Waals surface area contributed by atoms with E-state index in [9.17, 15) is 9.18 Å². The smallest absolute Gasteiger partial charge is 0.234 e. The van der Waals surface area contributed by atoms with Crippen LogP contribution in [-0.4, -0.2) is 73.2 Å². The van der Waals surface area contributed by atoms with Crippen LogP contribution in [0, 0.1) is 13.8 Å². The van der Waals surface area contributed by atoms with Crippen molar-refractivity contribution in [1.29, 1.82) is 0 Å². The van der Waals surface area contributed by atoms with Gasteiger partial charge < -0.3 is 10.2 Å². The largest absolute Gasteiger partial charge is 0.366 e. The summed E-state index contributed by atoms with van der Waals surface area (Å²) in [6, 6.07) is 2.17. The summed E-state index contributed by atoms with van der Waals surface area (Å²) < 4.78 is 17.1. The fourth-order valence-corrected chi connectivity index (χ4v) is 6.94. The molecule has 0 radical (unpaired) electrons. The Balaban J connectivity index is 1.04. The lowest BCUT2D eigenvalue weighted by Crippen LogP contribution is -2.60. The van der Waals surface area contributed by atoms with Crippen molar-refractivity contribution in [2.24, 2.45) is 7.05 Å². The predicted molar refractivity (Wildman–Crippen MR) is 143 cm³/mol. The second kappa shape index (κ2) is 8.62. The highest BCUT2D eigenvalue weighted by Crippen LogP contribution is 2.49. The van der Waals surface area contributed by atoms with E-state index in [0.717, 1.165) is 74.2 Å². The Morgan fingerprint density at radius 3 is 2.79 bits per heavy atom. The van der Waals surface area contributed by atoms with E-state index in [1.165, 1.54) is 28.1 Å². The quantitative estimate of drug-likeness (QED) is 0.506. The average molecular weight is 519 g/mol. The fraction of sp³-hybridized carbons (Fsp3) is 0.571. The molecule has 0 unspecified atom stereocenters. The number of likely N-dealkylation sites (tertiary alicyclic amines) is 1. The van der Waals surface area contributed by atoms with Gasteiger partial charge in [0.1, 0.15) is 6.17 Å². The minimum Gasteiger partial charge on any atom is -0.366 e. The first-order valence-electron chi connectivity index (χ1n) is 13.7. The van der Waals surface area contributed by atoms with Gasteiger partial charge in [0.25, 0.3) is 0 Å². The maximum Gasteiger partial charge on any atom is 0.234 e. The highest BCUT2D eigenvalue weighted by molar-refractivity contribution is 5.89. The maximum atomic E-state index is 13.1. The lowest BCUT2D eigenvalue weighted by Gasteiger charge is -2.50. The number of fused-ring (bicyclic) bond motifs is 4. The van der Waals surface area contributed by atoms with Crippen molar-refractivity contribution in [1.82, 2.24) is 34.8 Å². The zero-order valence-electron chi connectivity index (χ0n) is 22.4. The van der Waals surface area contributed by atoms with Crippen molar-refractivity contribution in [3.8, 4) is 0 Å². The van der Waals surface area contributed by atoms with Crippen molar-refractivity contribution in [3.63, 3.8) is 0 Å². The number of hydrogen-bond acceptors (Lipinski definition) is 6. The molecule has 0 atom stereocenters. The van der Waals surface area contributed by atoms with Crippen LogP contribution in [0.15, 0.2) is 23.4 Å². The normalized spacial score (nSPS) is 20.9. The Bertz CT molecular complexity index is 1470. The molecule has 10 heteroatoms. The molecular weight excluding hydrogens is 483 g/mol. The summed E-state index contributed by atoms with van der Waals surface area (Å²) in [5.74, 6) is 0.0358. The number of hydrogen-bond donors (Lipinski definition) is 1. The Morgan fingerprint density at radius 1 is 1.24 bits per heavy atom. The highest BCUT2D eigenvalue weighted by atomic mass is 19.1.